The van der Waals surface area contributed by atoms with Crippen molar-refractivity contribution >= 4 is 43.9 Å². The fourth-order valence-corrected chi connectivity index (χ4v) is 3.44. The van der Waals surface area contributed by atoms with Crippen molar-refractivity contribution in [1.29, 1.82) is 0 Å². The number of hydrogen-bond acceptors (Lipinski definition) is 3. The number of rotatable bonds is 6. The standard InChI is InChI=1S/C17H15Br2NO4/c18-13-6-12(7-14(19)8-13)15(9-16(21)22)20-17(23)24-10-11-4-2-1-3-5-11/h1-8,15H,9-10H2,(H,20,23)(H,21,22)/t15-/m0/s1. The molecule has 2 aromatic carbocycles. The zero-order chi connectivity index (χ0) is 17.5. The van der Waals surface area contributed by atoms with Gasteiger partial charge in [-0.1, -0.05) is 62.2 Å². The van der Waals surface area contributed by atoms with Gasteiger partial charge in [0.05, 0.1) is 12.5 Å². The van der Waals surface area contributed by atoms with Gasteiger partial charge in [-0.2, -0.15) is 0 Å². The average molecular weight is 457 g/mol. The van der Waals surface area contributed by atoms with Crippen LogP contribution in [0.25, 0.3) is 0 Å². The predicted octanol–water partition coefficient (Wildman–Crippen LogP) is 4.65. The van der Waals surface area contributed by atoms with Gasteiger partial charge in [0, 0.05) is 8.95 Å². The smallest absolute Gasteiger partial charge is 0.407 e. The minimum atomic E-state index is -1.01. The van der Waals surface area contributed by atoms with Gasteiger partial charge in [0.2, 0.25) is 0 Å². The topological polar surface area (TPSA) is 75.6 Å². The number of ether oxygens (including phenoxy) is 1. The Morgan fingerprint density at radius 3 is 2.29 bits per heavy atom. The monoisotopic (exact) mass is 455 g/mol. The Hall–Kier alpha value is -1.86. The van der Waals surface area contributed by atoms with Crippen molar-refractivity contribution in [3.05, 3.63) is 68.6 Å². The van der Waals surface area contributed by atoms with Crippen LogP contribution in [0, 0.1) is 0 Å². The number of alkyl carbamates (subject to hydrolysis) is 1. The van der Waals surface area contributed by atoms with E-state index in [4.69, 9.17) is 9.84 Å². The van der Waals surface area contributed by atoms with Crippen molar-refractivity contribution in [2.75, 3.05) is 0 Å². The molecule has 0 aliphatic rings. The fourth-order valence-electron chi connectivity index (χ4n) is 2.11. The van der Waals surface area contributed by atoms with E-state index in [2.05, 4.69) is 37.2 Å². The van der Waals surface area contributed by atoms with E-state index in [1.165, 1.54) is 0 Å². The van der Waals surface area contributed by atoms with Crippen LogP contribution in [0.1, 0.15) is 23.6 Å². The lowest BCUT2D eigenvalue weighted by molar-refractivity contribution is -0.137. The molecule has 0 bridgehead atoms. The number of carbonyl (C=O) groups is 2. The highest BCUT2D eigenvalue weighted by Crippen LogP contribution is 2.26. The normalized spacial score (nSPS) is 11.6. The molecule has 2 aromatic rings. The largest absolute Gasteiger partial charge is 0.481 e. The van der Waals surface area contributed by atoms with Gasteiger partial charge in [-0.15, -0.1) is 0 Å². The van der Waals surface area contributed by atoms with Gasteiger partial charge < -0.3 is 15.2 Å². The maximum absolute atomic E-state index is 12.0. The third-order valence-corrected chi connectivity index (χ3v) is 4.09. The van der Waals surface area contributed by atoms with Crippen molar-refractivity contribution in [1.82, 2.24) is 5.32 Å². The summed E-state index contributed by atoms with van der Waals surface area (Å²) in [6, 6.07) is 13.9. The summed E-state index contributed by atoms with van der Waals surface area (Å²) in [7, 11) is 0. The van der Waals surface area contributed by atoms with E-state index in [1.54, 1.807) is 12.1 Å². The Morgan fingerprint density at radius 1 is 1.08 bits per heavy atom. The number of carboxylic acids is 1. The quantitative estimate of drug-likeness (QED) is 0.663. The van der Waals surface area contributed by atoms with Crippen LogP contribution in [0.5, 0.6) is 0 Å². The van der Waals surface area contributed by atoms with Crippen LogP contribution in [-0.2, 0) is 16.1 Å². The van der Waals surface area contributed by atoms with Crippen molar-refractivity contribution in [2.45, 2.75) is 19.1 Å². The summed E-state index contributed by atoms with van der Waals surface area (Å²) in [6.07, 6.45) is -0.912. The molecule has 24 heavy (non-hydrogen) atoms. The molecule has 0 saturated carbocycles. The Balaban J connectivity index is 2.05. The number of nitrogens with one attached hydrogen (secondary N) is 1. The van der Waals surface area contributed by atoms with E-state index in [1.807, 2.05) is 36.4 Å². The molecule has 2 rings (SSSR count). The molecule has 0 aromatic heterocycles. The first-order chi connectivity index (χ1) is 11.4. The lowest BCUT2D eigenvalue weighted by Crippen LogP contribution is -2.30. The van der Waals surface area contributed by atoms with Crippen LogP contribution in [0.2, 0.25) is 0 Å². The molecule has 0 fully saturated rings. The highest BCUT2D eigenvalue weighted by atomic mass is 79.9. The van der Waals surface area contributed by atoms with E-state index in [0.717, 1.165) is 14.5 Å². The highest BCUT2D eigenvalue weighted by molar-refractivity contribution is 9.11. The first-order valence-corrected chi connectivity index (χ1v) is 8.67. The summed E-state index contributed by atoms with van der Waals surface area (Å²) in [5.41, 5.74) is 1.52. The summed E-state index contributed by atoms with van der Waals surface area (Å²) >= 11 is 6.71. The van der Waals surface area contributed by atoms with Gasteiger partial charge in [0.25, 0.3) is 0 Å². The zero-order valence-electron chi connectivity index (χ0n) is 12.5. The van der Waals surface area contributed by atoms with E-state index < -0.39 is 18.1 Å². The number of hydrogen-bond donors (Lipinski definition) is 2. The van der Waals surface area contributed by atoms with Crippen LogP contribution in [-0.4, -0.2) is 17.2 Å². The molecule has 0 unspecified atom stereocenters. The maximum atomic E-state index is 12.0. The van der Waals surface area contributed by atoms with Crippen molar-refractivity contribution in [3.8, 4) is 0 Å². The van der Waals surface area contributed by atoms with E-state index in [-0.39, 0.29) is 13.0 Å². The lowest BCUT2D eigenvalue weighted by Gasteiger charge is -2.18. The second-order valence-corrected chi connectivity index (χ2v) is 6.89. The van der Waals surface area contributed by atoms with Crippen molar-refractivity contribution in [2.24, 2.45) is 0 Å². The Morgan fingerprint density at radius 2 is 1.71 bits per heavy atom. The predicted molar refractivity (Wildman–Crippen MR) is 96.6 cm³/mol. The molecule has 0 saturated heterocycles. The maximum Gasteiger partial charge on any atom is 0.407 e. The minimum Gasteiger partial charge on any atom is -0.481 e. The first-order valence-electron chi connectivity index (χ1n) is 7.09. The molecular formula is C17H15Br2NO4. The number of halogens is 2. The Kier molecular flexibility index (Phi) is 6.81. The van der Waals surface area contributed by atoms with Crippen LogP contribution in [0.15, 0.2) is 57.5 Å². The van der Waals surface area contributed by atoms with Gasteiger partial charge in [0.15, 0.2) is 0 Å². The molecule has 0 aliphatic carbocycles. The number of aliphatic carboxylic acids is 1. The molecule has 0 radical (unpaired) electrons. The molecule has 0 spiro atoms. The zero-order valence-corrected chi connectivity index (χ0v) is 15.7. The highest BCUT2D eigenvalue weighted by Gasteiger charge is 2.19. The minimum absolute atomic E-state index is 0.120. The molecule has 0 heterocycles. The molecule has 1 amide bonds. The van der Waals surface area contributed by atoms with Gasteiger partial charge in [-0.3, -0.25) is 4.79 Å². The summed E-state index contributed by atoms with van der Waals surface area (Å²) in [5, 5.41) is 11.7. The number of carboxylic acid groups (broad SMARTS) is 1. The SMILES string of the molecule is O=C(O)C[C@H](NC(=O)OCc1ccccc1)c1cc(Br)cc(Br)c1. The molecule has 1 atom stereocenters. The van der Waals surface area contributed by atoms with Gasteiger partial charge >= 0.3 is 12.1 Å². The summed E-state index contributed by atoms with van der Waals surface area (Å²) < 4.78 is 6.71. The molecule has 2 N–H and O–H groups in total. The lowest BCUT2D eigenvalue weighted by atomic mass is 10.0. The molecule has 126 valence electrons. The number of amides is 1. The Labute approximate surface area is 156 Å². The second kappa shape index (κ2) is 8.84. The van der Waals surface area contributed by atoms with Crippen molar-refractivity contribution < 1.29 is 19.4 Å². The Bertz CT molecular complexity index is 702. The van der Waals surface area contributed by atoms with Crippen LogP contribution in [0.4, 0.5) is 4.79 Å². The summed E-state index contributed by atoms with van der Waals surface area (Å²) in [4.78, 5) is 23.1. The van der Waals surface area contributed by atoms with Gasteiger partial charge in [-0.25, -0.2) is 4.79 Å². The summed E-state index contributed by atoms with van der Waals surface area (Å²) in [6.45, 7) is 0.120. The van der Waals surface area contributed by atoms with E-state index in [9.17, 15) is 9.59 Å². The van der Waals surface area contributed by atoms with Gasteiger partial charge in [-0.05, 0) is 29.3 Å². The fraction of sp³-hybridized carbons (Fsp3) is 0.176. The van der Waals surface area contributed by atoms with Crippen LogP contribution in [0.3, 0.4) is 0 Å². The molecule has 0 aliphatic heterocycles. The number of benzene rings is 2. The van der Waals surface area contributed by atoms with Crippen LogP contribution < -0.4 is 5.32 Å². The first kappa shape index (κ1) is 18.5. The van der Waals surface area contributed by atoms with E-state index >= 15 is 0 Å². The van der Waals surface area contributed by atoms with Crippen LogP contribution >= 0.6 is 31.9 Å². The number of carbonyl (C=O) groups excluding carboxylic acids is 1. The van der Waals surface area contributed by atoms with E-state index in [0.29, 0.717) is 5.56 Å². The third kappa shape index (κ3) is 5.98. The molecule has 7 heteroatoms. The third-order valence-electron chi connectivity index (χ3n) is 3.17. The molecule has 5 nitrogen and oxygen atoms in total. The average Bonchev–Trinajstić information content (AvgIpc) is 2.52. The second-order valence-electron chi connectivity index (χ2n) is 5.06. The molecular weight excluding hydrogens is 442 g/mol. The summed E-state index contributed by atoms with van der Waals surface area (Å²) in [5.74, 6) is -1.01. The van der Waals surface area contributed by atoms with Gasteiger partial charge in [0.1, 0.15) is 6.61 Å². The van der Waals surface area contributed by atoms with Crippen molar-refractivity contribution in [3.63, 3.8) is 0 Å².